The van der Waals surface area contributed by atoms with Gasteiger partial charge in [0.05, 0.1) is 16.8 Å². The Morgan fingerprint density at radius 1 is 0.243 bits per heavy atom. The van der Waals surface area contributed by atoms with Gasteiger partial charge in [-0.15, -0.1) is 0 Å². The fourth-order valence-corrected chi connectivity index (χ4v) is 11.8. The Balaban J connectivity index is 1.02. The molecule has 330 valence electrons. The number of fused-ring (bicyclic) bond motifs is 9. The second kappa shape index (κ2) is 16.5. The molecule has 70 heavy (non-hydrogen) atoms. The molecule has 0 aliphatic heterocycles. The van der Waals surface area contributed by atoms with Crippen LogP contribution in [-0.4, -0.2) is 4.98 Å². The molecule has 0 amide bonds. The third kappa shape index (κ3) is 6.65. The van der Waals surface area contributed by atoms with E-state index in [1.54, 1.807) is 0 Å². The number of aromatic nitrogens is 1. The van der Waals surface area contributed by atoms with Crippen molar-refractivity contribution in [3.05, 3.63) is 294 Å². The van der Waals surface area contributed by atoms with Crippen molar-refractivity contribution in [2.24, 2.45) is 0 Å². The van der Waals surface area contributed by atoms with Gasteiger partial charge in [-0.25, -0.2) is 4.98 Å². The molecular formula is C69H49N. The summed E-state index contributed by atoms with van der Waals surface area (Å²) in [5, 5.41) is 0. The molecule has 1 heteroatoms. The van der Waals surface area contributed by atoms with Gasteiger partial charge in [0, 0.05) is 16.5 Å². The van der Waals surface area contributed by atoms with Gasteiger partial charge in [-0.2, -0.15) is 0 Å². The highest BCUT2D eigenvalue weighted by molar-refractivity contribution is 5.98. The van der Waals surface area contributed by atoms with Gasteiger partial charge in [0.1, 0.15) is 0 Å². The normalized spacial score (nSPS) is 13.5. The van der Waals surface area contributed by atoms with E-state index in [4.69, 9.17) is 4.98 Å². The van der Waals surface area contributed by atoms with Gasteiger partial charge >= 0.3 is 0 Å². The molecule has 0 radical (unpaired) electrons. The molecule has 0 fully saturated rings. The number of benzene rings is 10. The molecule has 1 aromatic heterocycles. The van der Waals surface area contributed by atoms with Crippen molar-refractivity contribution in [2.75, 3.05) is 0 Å². The van der Waals surface area contributed by atoms with E-state index >= 15 is 0 Å². The number of rotatable bonds is 7. The first-order chi connectivity index (χ1) is 34.4. The largest absolute Gasteiger partial charge is 0.248 e. The maximum atomic E-state index is 5.57. The zero-order valence-electron chi connectivity index (χ0n) is 39.3. The van der Waals surface area contributed by atoms with Gasteiger partial charge in [-0.05, 0) is 137 Å². The molecular weight excluding hydrogens is 843 g/mol. The van der Waals surface area contributed by atoms with Gasteiger partial charge < -0.3 is 0 Å². The SMILES string of the molecule is CC1(C)c2ccccc2C2(c3ccc(-c4ccc(-c5cc(-c6ccccc6)cc(-c6ccccc6)c5)cc4)cc3-c3c(-c4cc(-c5ccccc5)cc(-c5ccccc5)n4)cccc32)c2ccccc21. The van der Waals surface area contributed by atoms with E-state index in [9.17, 15) is 0 Å². The van der Waals surface area contributed by atoms with E-state index in [1.807, 2.05) is 0 Å². The molecule has 0 N–H and O–H groups in total. The third-order valence-electron chi connectivity index (χ3n) is 15.1. The second-order valence-corrected chi connectivity index (χ2v) is 19.4. The predicted octanol–water partition coefficient (Wildman–Crippen LogP) is 17.8. The number of hydrogen-bond donors (Lipinski definition) is 0. The summed E-state index contributed by atoms with van der Waals surface area (Å²) in [5.74, 6) is 0. The highest BCUT2D eigenvalue weighted by Crippen LogP contribution is 2.63. The summed E-state index contributed by atoms with van der Waals surface area (Å²) in [5.41, 5.74) is 25.8. The van der Waals surface area contributed by atoms with Gasteiger partial charge in [0.2, 0.25) is 0 Å². The number of hydrogen-bond acceptors (Lipinski definition) is 1. The Labute approximate surface area is 411 Å². The van der Waals surface area contributed by atoms with Crippen LogP contribution in [-0.2, 0) is 10.8 Å². The number of pyridine rings is 1. The standard InChI is InChI=1S/C69H49N/c1-68(2)60-29-15-17-31-62(60)69(63-32-18-16-30-61(63)68)59-39-38-52(49-34-36-50(37-35-49)55-41-53(46-20-7-3-8-21-46)40-54(42-55)47-22-9-4-10-23-47)43-58(59)67-57(28-19-33-64(67)69)66-45-56(48-24-11-5-12-25-48)44-65(70-66)51-26-13-6-14-27-51/h3-45H,1-2H3. The number of nitrogens with zero attached hydrogens (tertiary/aromatic N) is 1. The van der Waals surface area contributed by atoms with E-state index in [0.717, 1.165) is 28.1 Å². The molecule has 11 aromatic rings. The van der Waals surface area contributed by atoms with Crippen molar-refractivity contribution in [3.8, 4) is 89.3 Å². The highest BCUT2D eigenvalue weighted by atomic mass is 14.7. The molecule has 10 aromatic carbocycles. The molecule has 2 aliphatic rings. The molecule has 0 unspecified atom stereocenters. The van der Waals surface area contributed by atoms with Gasteiger partial charge in [-0.3, -0.25) is 0 Å². The van der Waals surface area contributed by atoms with Crippen molar-refractivity contribution < 1.29 is 0 Å². The molecule has 13 rings (SSSR count). The van der Waals surface area contributed by atoms with Gasteiger partial charge in [0.15, 0.2) is 0 Å². The monoisotopic (exact) mass is 891 g/mol. The molecule has 0 saturated heterocycles. The Bertz CT molecular complexity index is 3590. The van der Waals surface area contributed by atoms with Gasteiger partial charge in [-0.1, -0.05) is 238 Å². The molecule has 1 nitrogen and oxygen atoms in total. The van der Waals surface area contributed by atoms with E-state index in [2.05, 4.69) is 275 Å². The summed E-state index contributed by atoms with van der Waals surface area (Å²) in [6.07, 6.45) is 0. The highest BCUT2D eigenvalue weighted by Gasteiger charge is 2.53. The average Bonchev–Trinajstić information content (AvgIpc) is 3.73. The van der Waals surface area contributed by atoms with Crippen molar-refractivity contribution in [1.82, 2.24) is 4.98 Å². The van der Waals surface area contributed by atoms with Crippen molar-refractivity contribution in [2.45, 2.75) is 24.7 Å². The summed E-state index contributed by atoms with van der Waals surface area (Å²) in [6, 6.07) is 96.1. The first-order valence-corrected chi connectivity index (χ1v) is 24.4. The maximum absolute atomic E-state index is 5.57. The summed E-state index contributed by atoms with van der Waals surface area (Å²) < 4.78 is 0. The minimum atomic E-state index is -0.550. The van der Waals surface area contributed by atoms with Crippen LogP contribution in [0.3, 0.4) is 0 Å². The molecule has 0 saturated carbocycles. The fourth-order valence-electron chi connectivity index (χ4n) is 11.8. The van der Waals surface area contributed by atoms with Crippen molar-refractivity contribution >= 4 is 0 Å². The first-order valence-electron chi connectivity index (χ1n) is 24.4. The average molecular weight is 892 g/mol. The van der Waals surface area contributed by atoms with E-state index in [0.29, 0.717) is 0 Å². The lowest BCUT2D eigenvalue weighted by Gasteiger charge is -2.46. The zero-order valence-corrected chi connectivity index (χ0v) is 39.3. The Hall–Kier alpha value is -8.65. The Morgan fingerprint density at radius 2 is 0.629 bits per heavy atom. The van der Waals surface area contributed by atoms with Crippen LogP contribution >= 0.6 is 0 Å². The quantitative estimate of drug-likeness (QED) is 0.155. The minimum absolute atomic E-state index is 0.195. The van der Waals surface area contributed by atoms with Crippen LogP contribution in [0.5, 0.6) is 0 Å². The van der Waals surface area contributed by atoms with Crippen molar-refractivity contribution in [3.63, 3.8) is 0 Å². The summed E-state index contributed by atoms with van der Waals surface area (Å²) in [7, 11) is 0. The van der Waals surface area contributed by atoms with Crippen LogP contribution in [0.15, 0.2) is 261 Å². The van der Waals surface area contributed by atoms with Crippen LogP contribution in [0.4, 0.5) is 0 Å². The van der Waals surface area contributed by atoms with Gasteiger partial charge in [0.25, 0.3) is 0 Å². The molecule has 0 atom stereocenters. The Morgan fingerprint density at radius 3 is 1.14 bits per heavy atom. The van der Waals surface area contributed by atoms with Crippen LogP contribution in [0, 0.1) is 0 Å². The smallest absolute Gasteiger partial charge is 0.0722 e. The van der Waals surface area contributed by atoms with Crippen LogP contribution in [0.25, 0.3) is 89.3 Å². The zero-order chi connectivity index (χ0) is 46.8. The summed E-state index contributed by atoms with van der Waals surface area (Å²) >= 11 is 0. The Kier molecular flexibility index (Phi) is 9.82. The van der Waals surface area contributed by atoms with Crippen molar-refractivity contribution in [1.29, 1.82) is 0 Å². The molecule has 1 spiro atoms. The molecule has 1 heterocycles. The van der Waals surface area contributed by atoms with Crippen LogP contribution in [0.1, 0.15) is 47.2 Å². The first kappa shape index (κ1) is 41.5. The third-order valence-corrected chi connectivity index (χ3v) is 15.1. The van der Waals surface area contributed by atoms with Crippen LogP contribution < -0.4 is 0 Å². The lowest BCUT2D eigenvalue weighted by molar-refractivity contribution is 0.563. The molecule has 2 aliphatic carbocycles. The second-order valence-electron chi connectivity index (χ2n) is 19.4. The van der Waals surface area contributed by atoms with E-state index in [-0.39, 0.29) is 5.41 Å². The topological polar surface area (TPSA) is 12.9 Å². The van der Waals surface area contributed by atoms with E-state index < -0.39 is 5.41 Å². The molecule has 0 bridgehead atoms. The predicted molar refractivity (Wildman–Crippen MR) is 292 cm³/mol. The minimum Gasteiger partial charge on any atom is -0.248 e. The maximum Gasteiger partial charge on any atom is 0.0722 e. The lowest BCUT2D eigenvalue weighted by Crippen LogP contribution is -2.40. The summed E-state index contributed by atoms with van der Waals surface area (Å²) in [4.78, 5) is 5.57. The van der Waals surface area contributed by atoms with E-state index in [1.165, 1.54) is 94.6 Å². The lowest BCUT2D eigenvalue weighted by atomic mass is 9.55. The summed E-state index contributed by atoms with van der Waals surface area (Å²) in [6.45, 7) is 4.78. The fraction of sp³-hybridized carbons (Fsp3) is 0.0580. The van der Waals surface area contributed by atoms with Crippen LogP contribution in [0.2, 0.25) is 0 Å².